The summed E-state index contributed by atoms with van der Waals surface area (Å²) in [5, 5.41) is 0. The molecule has 1 aromatic rings. The summed E-state index contributed by atoms with van der Waals surface area (Å²) in [6, 6.07) is 7.66. The number of benzene rings is 1. The van der Waals surface area contributed by atoms with Gasteiger partial charge in [0, 0.05) is 32.2 Å². The van der Waals surface area contributed by atoms with E-state index in [4.69, 9.17) is 0 Å². The summed E-state index contributed by atoms with van der Waals surface area (Å²) in [5.41, 5.74) is 0.814. The lowest BCUT2D eigenvalue weighted by molar-refractivity contribution is 0.154. The Kier molecular flexibility index (Phi) is 4.28. The van der Waals surface area contributed by atoms with E-state index in [1.165, 1.54) is 0 Å². The molecule has 0 aromatic heterocycles. The van der Waals surface area contributed by atoms with Gasteiger partial charge in [-0.15, -0.1) is 0 Å². The van der Waals surface area contributed by atoms with E-state index in [2.05, 4.69) is 18.7 Å². The Morgan fingerprint density at radius 3 is 2.16 bits per heavy atom. The van der Waals surface area contributed by atoms with Crippen LogP contribution < -0.4 is 0 Å². The molecule has 4 nitrogen and oxygen atoms in total. The van der Waals surface area contributed by atoms with Gasteiger partial charge in [-0.25, -0.2) is 8.42 Å². The predicted molar refractivity (Wildman–Crippen MR) is 76.6 cm³/mol. The molecule has 1 saturated heterocycles. The SMILES string of the molecule is Cc1ccccc1S(=O)(=O)N1CCN(C(C)C)CC1. The van der Waals surface area contributed by atoms with Crippen LogP contribution in [0.2, 0.25) is 0 Å². The first kappa shape index (κ1) is 14.5. The highest BCUT2D eigenvalue weighted by atomic mass is 32.2. The molecule has 0 atom stereocenters. The highest BCUT2D eigenvalue weighted by Crippen LogP contribution is 2.21. The lowest BCUT2D eigenvalue weighted by atomic mass is 10.2. The fourth-order valence-corrected chi connectivity index (χ4v) is 4.09. The first-order valence-corrected chi connectivity index (χ1v) is 8.17. The molecule has 0 saturated carbocycles. The summed E-state index contributed by atoms with van der Waals surface area (Å²) in [6.07, 6.45) is 0. The largest absolute Gasteiger partial charge is 0.298 e. The number of sulfonamides is 1. The van der Waals surface area contributed by atoms with Gasteiger partial charge >= 0.3 is 0 Å². The number of aryl methyl sites for hydroxylation is 1. The maximum absolute atomic E-state index is 12.6. The third-order valence-electron chi connectivity index (χ3n) is 3.71. The molecular weight excluding hydrogens is 260 g/mol. The molecule has 1 heterocycles. The lowest BCUT2D eigenvalue weighted by Crippen LogP contribution is -2.50. The average Bonchev–Trinajstić information content (AvgIpc) is 2.39. The predicted octanol–water partition coefficient (Wildman–Crippen LogP) is 1.71. The van der Waals surface area contributed by atoms with E-state index in [1.54, 1.807) is 16.4 Å². The second-order valence-corrected chi connectivity index (χ2v) is 7.21. The third kappa shape index (κ3) is 2.99. The summed E-state index contributed by atoms with van der Waals surface area (Å²) in [5.74, 6) is 0. The van der Waals surface area contributed by atoms with Crippen LogP contribution in [0.25, 0.3) is 0 Å². The smallest absolute Gasteiger partial charge is 0.243 e. The number of rotatable bonds is 3. The topological polar surface area (TPSA) is 40.6 Å². The summed E-state index contributed by atoms with van der Waals surface area (Å²) in [7, 11) is -3.34. The van der Waals surface area contributed by atoms with Crippen LogP contribution in [0.1, 0.15) is 19.4 Å². The quantitative estimate of drug-likeness (QED) is 0.847. The standard InChI is InChI=1S/C14H22N2O2S/c1-12(2)15-8-10-16(11-9-15)19(17,18)14-7-5-4-6-13(14)3/h4-7,12H,8-11H2,1-3H3. The van der Waals surface area contributed by atoms with Gasteiger partial charge in [0.15, 0.2) is 0 Å². The summed E-state index contributed by atoms with van der Waals surface area (Å²) in [6.45, 7) is 8.91. The Bertz CT molecular complexity index is 532. The molecule has 0 amide bonds. The maximum Gasteiger partial charge on any atom is 0.243 e. The average molecular weight is 282 g/mol. The fourth-order valence-electron chi connectivity index (χ4n) is 2.45. The minimum atomic E-state index is -3.34. The van der Waals surface area contributed by atoms with Crippen molar-refractivity contribution in [2.45, 2.75) is 31.7 Å². The monoisotopic (exact) mass is 282 g/mol. The van der Waals surface area contributed by atoms with Crippen LogP contribution in [0.4, 0.5) is 0 Å². The van der Waals surface area contributed by atoms with Gasteiger partial charge in [-0.1, -0.05) is 18.2 Å². The van der Waals surface area contributed by atoms with E-state index in [0.29, 0.717) is 24.0 Å². The molecule has 19 heavy (non-hydrogen) atoms. The van der Waals surface area contributed by atoms with Gasteiger partial charge in [0.2, 0.25) is 10.0 Å². The molecule has 5 heteroatoms. The number of nitrogens with zero attached hydrogens (tertiary/aromatic N) is 2. The highest BCUT2D eigenvalue weighted by Gasteiger charge is 2.29. The molecule has 1 fully saturated rings. The van der Waals surface area contributed by atoms with Crippen LogP contribution in [0.15, 0.2) is 29.2 Å². The van der Waals surface area contributed by atoms with Crippen LogP contribution in [0.5, 0.6) is 0 Å². The Morgan fingerprint density at radius 1 is 1.05 bits per heavy atom. The van der Waals surface area contributed by atoms with E-state index in [9.17, 15) is 8.42 Å². The Hall–Kier alpha value is -0.910. The van der Waals surface area contributed by atoms with Crippen LogP contribution in [0.3, 0.4) is 0 Å². The van der Waals surface area contributed by atoms with Gasteiger partial charge in [-0.05, 0) is 32.4 Å². The first-order valence-electron chi connectivity index (χ1n) is 6.73. The van der Waals surface area contributed by atoms with Crippen LogP contribution >= 0.6 is 0 Å². The molecule has 0 bridgehead atoms. The highest BCUT2D eigenvalue weighted by molar-refractivity contribution is 7.89. The van der Waals surface area contributed by atoms with Gasteiger partial charge in [-0.3, -0.25) is 4.90 Å². The molecule has 1 aliphatic rings. The zero-order chi connectivity index (χ0) is 14.0. The molecule has 0 spiro atoms. The molecule has 0 N–H and O–H groups in total. The van der Waals surface area contributed by atoms with E-state index in [1.807, 2.05) is 19.1 Å². The van der Waals surface area contributed by atoms with Crippen molar-refractivity contribution < 1.29 is 8.42 Å². The van der Waals surface area contributed by atoms with Crippen molar-refractivity contribution in [3.05, 3.63) is 29.8 Å². The Labute approximate surface area is 116 Å². The summed E-state index contributed by atoms with van der Waals surface area (Å²) >= 11 is 0. The van der Waals surface area contributed by atoms with Crippen LogP contribution in [-0.2, 0) is 10.0 Å². The minimum absolute atomic E-state index is 0.438. The van der Waals surface area contributed by atoms with E-state index >= 15 is 0 Å². The van der Waals surface area contributed by atoms with Crippen molar-refractivity contribution in [1.82, 2.24) is 9.21 Å². The van der Waals surface area contributed by atoms with Gasteiger partial charge in [0.05, 0.1) is 4.90 Å². The van der Waals surface area contributed by atoms with E-state index in [0.717, 1.165) is 18.7 Å². The Balaban J connectivity index is 2.17. The fraction of sp³-hybridized carbons (Fsp3) is 0.571. The van der Waals surface area contributed by atoms with E-state index < -0.39 is 10.0 Å². The van der Waals surface area contributed by atoms with Gasteiger partial charge in [0.1, 0.15) is 0 Å². The number of hydrogen-bond donors (Lipinski definition) is 0. The van der Waals surface area contributed by atoms with Crippen molar-refractivity contribution in [3.8, 4) is 0 Å². The molecule has 0 aliphatic carbocycles. The normalized spacial score (nSPS) is 18.9. The van der Waals surface area contributed by atoms with Crippen LogP contribution in [-0.4, -0.2) is 49.8 Å². The van der Waals surface area contributed by atoms with Crippen molar-refractivity contribution in [3.63, 3.8) is 0 Å². The van der Waals surface area contributed by atoms with Crippen molar-refractivity contribution in [2.75, 3.05) is 26.2 Å². The van der Waals surface area contributed by atoms with Gasteiger partial charge in [-0.2, -0.15) is 4.31 Å². The molecule has 1 aliphatic heterocycles. The molecule has 1 aromatic carbocycles. The molecule has 2 rings (SSSR count). The molecule has 0 radical (unpaired) electrons. The van der Waals surface area contributed by atoms with Crippen molar-refractivity contribution in [2.24, 2.45) is 0 Å². The zero-order valence-corrected chi connectivity index (χ0v) is 12.7. The lowest BCUT2D eigenvalue weighted by Gasteiger charge is -2.36. The summed E-state index contributed by atoms with van der Waals surface area (Å²) < 4.78 is 26.8. The Morgan fingerprint density at radius 2 is 1.63 bits per heavy atom. The van der Waals surface area contributed by atoms with Crippen molar-refractivity contribution >= 4 is 10.0 Å². The second kappa shape index (κ2) is 5.61. The first-order chi connectivity index (χ1) is 8.93. The molecular formula is C14H22N2O2S. The van der Waals surface area contributed by atoms with Crippen LogP contribution in [0, 0.1) is 6.92 Å². The molecule has 106 valence electrons. The zero-order valence-electron chi connectivity index (χ0n) is 11.8. The minimum Gasteiger partial charge on any atom is -0.298 e. The summed E-state index contributed by atoms with van der Waals surface area (Å²) in [4.78, 5) is 2.75. The van der Waals surface area contributed by atoms with Crippen molar-refractivity contribution in [1.29, 1.82) is 0 Å². The second-order valence-electron chi connectivity index (χ2n) is 5.30. The van der Waals surface area contributed by atoms with Gasteiger partial charge < -0.3 is 0 Å². The maximum atomic E-state index is 12.6. The third-order valence-corrected chi connectivity index (χ3v) is 5.77. The number of hydrogen-bond acceptors (Lipinski definition) is 3. The van der Waals surface area contributed by atoms with E-state index in [-0.39, 0.29) is 0 Å². The molecule has 0 unspecified atom stereocenters. The van der Waals surface area contributed by atoms with Gasteiger partial charge in [0.25, 0.3) is 0 Å². The number of piperazine rings is 1.